The van der Waals surface area contributed by atoms with E-state index in [2.05, 4.69) is 30.1 Å². The molecule has 0 unspecified atom stereocenters. The summed E-state index contributed by atoms with van der Waals surface area (Å²) in [5.74, 6) is 2.37. The summed E-state index contributed by atoms with van der Waals surface area (Å²) in [5.41, 5.74) is 2.32. The molecule has 0 aliphatic carbocycles. The lowest BCUT2D eigenvalue weighted by molar-refractivity contribution is 0.256. The predicted molar refractivity (Wildman–Crippen MR) is 88.4 cm³/mol. The molecule has 4 nitrogen and oxygen atoms in total. The van der Waals surface area contributed by atoms with E-state index in [9.17, 15) is 0 Å². The van der Waals surface area contributed by atoms with Crippen molar-refractivity contribution < 1.29 is 9.15 Å². The Balaban J connectivity index is 1.64. The van der Waals surface area contributed by atoms with E-state index >= 15 is 0 Å². The van der Waals surface area contributed by atoms with Crippen LogP contribution in [0.4, 0.5) is 0 Å². The highest BCUT2D eigenvalue weighted by molar-refractivity contribution is 5.35. The summed E-state index contributed by atoms with van der Waals surface area (Å²) in [4.78, 5) is 0. The molecule has 0 fully saturated rings. The first kappa shape index (κ1) is 15.3. The van der Waals surface area contributed by atoms with Gasteiger partial charge in [0.15, 0.2) is 6.61 Å². The van der Waals surface area contributed by atoms with Crippen molar-refractivity contribution in [3.8, 4) is 5.75 Å². The van der Waals surface area contributed by atoms with Crippen molar-refractivity contribution in [1.29, 1.82) is 0 Å². The Bertz CT molecular complexity index is 751. The van der Waals surface area contributed by atoms with Crippen LogP contribution in [0.5, 0.6) is 5.75 Å². The SMILES string of the molecule is CC(C)c1ccccc1OCc1nnc(Cc2ccccc2)o1. The molecular weight excluding hydrogens is 288 g/mol. The Morgan fingerprint density at radius 1 is 0.913 bits per heavy atom. The lowest BCUT2D eigenvalue weighted by Gasteiger charge is -2.12. The molecule has 0 atom stereocenters. The van der Waals surface area contributed by atoms with Crippen LogP contribution >= 0.6 is 0 Å². The fourth-order valence-corrected chi connectivity index (χ4v) is 2.42. The zero-order valence-electron chi connectivity index (χ0n) is 13.4. The van der Waals surface area contributed by atoms with E-state index in [-0.39, 0.29) is 6.61 Å². The van der Waals surface area contributed by atoms with Gasteiger partial charge in [0.2, 0.25) is 5.89 Å². The first-order valence-corrected chi connectivity index (χ1v) is 7.79. The van der Waals surface area contributed by atoms with Gasteiger partial charge < -0.3 is 9.15 Å². The normalized spacial score (nSPS) is 10.9. The Morgan fingerprint density at radius 2 is 1.61 bits per heavy atom. The summed E-state index contributed by atoms with van der Waals surface area (Å²) >= 11 is 0. The fourth-order valence-electron chi connectivity index (χ4n) is 2.42. The third-order valence-electron chi connectivity index (χ3n) is 3.60. The number of rotatable bonds is 6. The number of hydrogen-bond acceptors (Lipinski definition) is 4. The number of para-hydroxylation sites is 1. The Kier molecular flexibility index (Phi) is 4.71. The maximum absolute atomic E-state index is 5.85. The van der Waals surface area contributed by atoms with Gasteiger partial charge >= 0.3 is 0 Å². The van der Waals surface area contributed by atoms with E-state index in [4.69, 9.17) is 9.15 Å². The molecule has 0 saturated carbocycles. The third-order valence-corrected chi connectivity index (χ3v) is 3.60. The molecule has 0 spiro atoms. The van der Waals surface area contributed by atoms with Gasteiger partial charge in [0.1, 0.15) is 5.75 Å². The molecule has 0 bridgehead atoms. The van der Waals surface area contributed by atoms with Crippen molar-refractivity contribution in [1.82, 2.24) is 10.2 Å². The van der Waals surface area contributed by atoms with Gasteiger partial charge in [-0.1, -0.05) is 62.4 Å². The van der Waals surface area contributed by atoms with Crippen LogP contribution in [0.2, 0.25) is 0 Å². The summed E-state index contributed by atoms with van der Waals surface area (Å²) in [6.45, 7) is 4.57. The number of benzene rings is 2. The molecule has 0 radical (unpaired) electrons. The van der Waals surface area contributed by atoms with Crippen molar-refractivity contribution in [2.24, 2.45) is 0 Å². The molecule has 0 saturated heterocycles. The predicted octanol–water partition coefficient (Wildman–Crippen LogP) is 4.36. The molecule has 118 valence electrons. The number of hydrogen-bond donors (Lipinski definition) is 0. The van der Waals surface area contributed by atoms with Crippen LogP contribution in [-0.4, -0.2) is 10.2 Å². The summed E-state index contributed by atoms with van der Waals surface area (Å²) in [5, 5.41) is 8.14. The van der Waals surface area contributed by atoms with E-state index in [0.29, 0.717) is 24.1 Å². The standard InChI is InChI=1S/C19H20N2O2/c1-14(2)16-10-6-7-11-17(16)22-13-19-21-20-18(23-19)12-15-8-4-3-5-9-15/h3-11,14H,12-13H2,1-2H3. The zero-order chi connectivity index (χ0) is 16.1. The molecule has 0 aliphatic rings. The van der Waals surface area contributed by atoms with Crippen molar-refractivity contribution >= 4 is 0 Å². The molecule has 3 aromatic rings. The van der Waals surface area contributed by atoms with Crippen LogP contribution in [-0.2, 0) is 13.0 Å². The van der Waals surface area contributed by atoms with Crippen LogP contribution in [0.3, 0.4) is 0 Å². The lowest BCUT2D eigenvalue weighted by atomic mass is 10.0. The third kappa shape index (κ3) is 3.97. The number of nitrogens with zero attached hydrogens (tertiary/aromatic N) is 2. The number of aromatic nitrogens is 2. The number of ether oxygens (including phenoxy) is 1. The lowest BCUT2D eigenvalue weighted by Crippen LogP contribution is -2.00. The van der Waals surface area contributed by atoms with Crippen molar-refractivity contribution in [3.05, 3.63) is 77.5 Å². The van der Waals surface area contributed by atoms with Crippen molar-refractivity contribution in [2.45, 2.75) is 32.8 Å². The highest BCUT2D eigenvalue weighted by Crippen LogP contribution is 2.26. The minimum Gasteiger partial charge on any atom is -0.484 e. The van der Waals surface area contributed by atoms with Gasteiger partial charge in [-0.15, -0.1) is 10.2 Å². The minimum absolute atomic E-state index is 0.283. The van der Waals surface area contributed by atoms with Gasteiger partial charge in [-0.2, -0.15) is 0 Å². The van der Waals surface area contributed by atoms with Gasteiger partial charge in [0.25, 0.3) is 5.89 Å². The topological polar surface area (TPSA) is 48.2 Å². The van der Waals surface area contributed by atoms with E-state index in [1.165, 1.54) is 5.56 Å². The van der Waals surface area contributed by atoms with Crippen LogP contribution in [0, 0.1) is 0 Å². The molecule has 4 heteroatoms. The molecule has 1 heterocycles. The van der Waals surface area contributed by atoms with Gasteiger partial charge in [-0.05, 0) is 23.1 Å². The quantitative estimate of drug-likeness (QED) is 0.678. The van der Waals surface area contributed by atoms with E-state index in [1.807, 2.05) is 48.5 Å². The Morgan fingerprint density at radius 3 is 2.39 bits per heavy atom. The molecule has 0 amide bonds. The average Bonchev–Trinajstić information content (AvgIpc) is 3.01. The molecule has 0 N–H and O–H groups in total. The maximum atomic E-state index is 5.85. The Hall–Kier alpha value is -2.62. The minimum atomic E-state index is 0.283. The summed E-state index contributed by atoms with van der Waals surface area (Å²) < 4.78 is 11.5. The van der Waals surface area contributed by atoms with E-state index in [1.54, 1.807) is 0 Å². The first-order valence-electron chi connectivity index (χ1n) is 7.79. The second-order valence-electron chi connectivity index (χ2n) is 5.73. The van der Waals surface area contributed by atoms with Crippen LogP contribution in [0.25, 0.3) is 0 Å². The molecule has 23 heavy (non-hydrogen) atoms. The first-order chi connectivity index (χ1) is 11.2. The Labute approximate surface area is 136 Å². The molecule has 0 aliphatic heterocycles. The maximum Gasteiger partial charge on any atom is 0.253 e. The van der Waals surface area contributed by atoms with Crippen LogP contribution in [0.15, 0.2) is 59.0 Å². The van der Waals surface area contributed by atoms with Crippen molar-refractivity contribution in [3.63, 3.8) is 0 Å². The van der Waals surface area contributed by atoms with E-state index in [0.717, 1.165) is 11.3 Å². The summed E-state index contributed by atoms with van der Waals surface area (Å²) in [7, 11) is 0. The van der Waals surface area contributed by atoms with Crippen LogP contribution < -0.4 is 4.74 Å². The zero-order valence-corrected chi connectivity index (χ0v) is 13.4. The van der Waals surface area contributed by atoms with Gasteiger partial charge in [-0.25, -0.2) is 0 Å². The van der Waals surface area contributed by atoms with Crippen LogP contribution in [0.1, 0.15) is 42.7 Å². The molecular formula is C19H20N2O2. The largest absolute Gasteiger partial charge is 0.484 e. The summed E-state index contributed by atoms with van der Waals surface area (Å²) in [6.07, 6.45) is 0.635. The molecule has 1 aromatic heterocycles. The van der Waals surface area contributed by atoms with Crippen molar-refractivity contribution in [2.75, 3.05) is 0 Å². The average molecular weight is 308 g/mol. The van der Waals surface area contributed by atoms with Gasteiger partial charge in [0.05, 0.1) is 6.42 Å². The van der Waals surface area contributed by atoms with Gasteiger partial charge in [0, 0.05) is 0 Å². The second kappa shape index (κ2) is 7.09. The highest BCUT2D eigenvalue weighted by Gasteiger charge is 2.10. The smallest absolute Gasteiger partial charge is 0.253 e. The van der Waals surface area contributed by atoms with E-state index < -0.39 is 0 Å². The molecule has 2 aromatic carbocycles. The summed E-state index contributed by atoms with van der Waals surface area (Å²) in [6, 6.07) is 18.1. The highest BCUT2D eigenvalue weighted by atomic mass is 16.5. The fraction of sp³-hybridized carbons (Fsp3) is 0.263. The monoisotopic (exact) mass is 308 g/mol. The van der Waals surface area contributed by atoms with Gasteiger partial charge in [-0.3, -0.25) is 0 Å². The second-order valence-corrected chi connectivity index (χ2v) is 5.73. The molecule has 3 rings (SSSR count).